The minimum absolute atomic E-state index is 0.270. The molecule has 1 heterocycles. The van der Waals surface area contributed by atoms with Crippen molar-refractivity contribution < 1.29 is 14.3 Å². The van der Waals surface area contributed by atoms with Crippen LogP contribution >= 0.6 is 11.8 Å². The average Bonchev–Trinajstić information content (AvgIpc) is 2.46. The predicted octanol–water partition coefficient (Wildman–Crippen LogP) is 3.61. The topological polar surface area (TPSA) is 50.2 Å². The lowest BCUT2D eigenvalue weighted by molar-refractivity contribution is -0.131. The predicted molar refractivity (Wildman–Crippen MR) is 76.9 cm³/mol. The Morgan fingerprint density at radius 2 is 2.20 bits per heavy atom. The second-order valence-corrected chi connectivity index (χ2v) is 4.98. The average molecular weight is 289 g/mol. The van der Waals surface area contributed by atoms with E-state index < -0.39 is 11.8 Å². The van der Waals surface area contributed by atoms with Gasteiger partial charge in [0.05, 0.1) is 5.03 Å². The van der Waals surface area contributed by atoms with Crippen molar-refractivity contribution in [3.05, 3.63) is 65.6 Å². The van der Waals surface area contributed by atoms with E-state index in [9.17, 15) is 9.18 Å². The maximum atomic E-state index is 13.5. The summed E-state index contributed by atoms with van der Waals surface area (Å²) in [7, 11) is 0. The number of benzene rings is 1. The van der Waals surface area contributed by atoms with Crippen LogP contribution in [0.3, 0.4) is 0 Å². The van der Waals surface area contributed by atoms with Crippen molar-refractivity contribution >= 4 is 23.8 Å². The van der Waals surface area contributed by atoms with Crippen LogP contribution in [-0.2, 0) is 10.5 Å². The molecule has 1 aromatic carbocycles. The highest BCUT2D eigenvalue weighted by molar-refractivity contribution is 7.98. The lowest BCUT2D eigenvalue weighted by atomic mass is 10.1. The molecule has 1 aromatic heterocycles. The molecule has 0 bridgehead atoms. The van der Waals surface area contributed by atoms with Gasteiger partial charge in [0, 0.05) is 23.6 Å². The Bertz CT molecular complexity index is 629. The quantitative estimate of drug-likeness (QED) is 0.675. The highest BCUT2D eigenvalue weighted by atomic mass is 32.2. The molecule has 3 nitrogen and oxygen atoms in total. The highest BCUT2D eigenvalue weighted by Crippen LogP contribution is 2.22. The molecule has 2 aromatic rings. The third-order valence-corrected chi connectivity index (χ3v) is 3.51. The van der Waals surface area contributed by atoms with Crippen molar-refractivity contribution in [1.29, 1.82) is 0 Å². The number of hydrogen-bond donors (Lipinski definition) is 1. The molecule has 0 aliphatic heterocycles. The molecule has 0 radical (unpaired) electrons. The summed E-state index contributed by atoms with van der Waals surface area (Å²) >= 11 is 1.54. The molecule has 102 valence electrons. The van der Waals surface area contributed by atoms with E-state index >= 15 is 0 Å². The van der Waals surface area contributed by atoms with Crippen LogP contribution in [0.1, 0.15) is 11.1 Å². The SMILES string of the molecule is O=C(O)C=Cc1cc(CSc2ccccn2)ccc1F. The van der Waals surface area contributed by atoms with Crippen LogP contribution in [-0.4, -0.2) is 16.1 Å². The van der Waals surface area contributed by atoms with Gasteiger partial charge in [0.25, 0.3) is 0 Å². The Morgan fingerprint density at radius 3 is 2.90 bits per heavy atom. The summed E-state index contributed by atoms with van der Waals surface area (Å²) < 4.78 is 13.5. The highest BCUT2D eigenvalue weighted by Gasteiger charge is 2.03. The molecule has 20 heavy (non-hydrogen) atoms. The maximum absolute atomic E-state index is 13.5. The van der Waals surface area contributed by atoms with Gasteiger partial charge in [-0.15, -0.1) is 11.8 Å². The smallest absolute Gasteiger partial charge is 0.328 e. The van der Waals surface area contributed by atoms with Gasteiger partial charge in [0.2, 0.25) is 0 Å². The second-order valence-electron chi connectivity index (χ2n) is 3.98. The second kappa shape index (κ2) is 6.86. The molecule has 5 heteroatoms. The Morgan fingerprint density at radius 1 is 1.35 bits per heavy atom. The first-order chi connectivity index (χ1) is 9.65. The zero-order valence-electron chi connectivity index (χ0n) is 10.5. The fourth-order valence-corrected chi connectivity index (χ4v) is 2.37. The molecular weight excluding hydrogens is 277 g/mol. The van der Waals surface area contributed by atoms with Crippen molar-refractivity contribution in [2.75, 3.05) is 0 Å². The van der Waals surface area contributed by atoms with Gasteiger partial charge in [-0.1, -0.05) is 12.1 Å². The number of carboxylic acid groups (broad SMARTS) is 1. The number of thioether (sulfide) groups is 1. The van der Waals surface area contributed by atoms with Crippen LogP contribution in [0.2, 0.25) is 0 Å². The first-order valence-electron chi connectivity index (χ1n) is 5.88. The fourth-order valence-electron chi connectivity index (χ4n) is 1.56. The number of rotatable bonds is 5. The molecule has 0 aliphatic carbocycles. The first-order valence-corrected chi connectivity index (χ1v) is 6.87. The number of aromatic nitrogens is 1. The van der Waals surface area contributed by atoms with E-state index in [2.05, 4.69) is 4.98 Å². The molecule has 0 saturated heterocycles. The largest absolute Gasteiger partial charge is 0.478 e. The number of carboxylic acids is 1. The van der Waals surface area contributed by atoms with Gasteiger partial charge in [-0.2, -0.15) is 0 Å². The van der Waals surface area contributed by atoms with Crippen molar-refractivity contribution in [3.8, 4) is 0 Å². The van der Waals surface area contributed by atoms with Crippen LogP contribution in [0.25, 0.3) is 6.08 Å². The summed E-state index contributed by atoms with van der Waals surface area (Å²) in [6.45, 7) is 0. The number of halogens is 1. The van der Waals surface area contributed by atoms with Crippen LogP contribution in [0.5, 0.6) is 0 Å². The minimum Gasteiger partial charge on any atom is -0.478 e. The van der Waals surface area contributed by atoms with Crippen LogP contribution < -0.4 is 0 Å². The van der Waals surface area contributed by atoms with E-state index in [4.69, 9.17) is 5.11 Å². The van der Waals surface area contributed by atoms with Gasteiger partial charge in [0.15, 0.2) is 0 Å². The van der Waals surface area contributed by atoms with E-state index in [0.717, 1.165) is 16.7 Å². The molecule has 0 unspecified atom stereocenters. The molecule has 0 aliphatic rings. The van der Waals surface area contributed by atoms with E-state index in [1.54, 1.807) is 18.3 Å². The summed E-state index contributed by atoms with van der Waals surface area (Å²) in [5.74, 6) is -0.891. The molecular formula is C15H12FNO2S. The molecule has 0 saturated carbocycles. The van der Waals surface area contributed by atoms with Crippen molar-refractivity contribution in [3.63, 3.8) is 0 Å². The zero-order valence-corrected chi connectivity index (χ0v) is 11.3. The summed E-state index contributed by atoms with van der Waals surface area (Å²) in [6, 6.07) is 10.3. The molecule has 0 spiro atoms. The lowest BCUT2D eigenvalue weighted by Crippen LogP contribution is -1.90. The van der Waals surface area contributed by atoms with Gasteiger partial charge < -0.3 is 5.11 Å². The first kappa shape index (κ1) is 14.3. The summed E-state index contributed by atoms with van der Waals surface area (Å²) in [5.41, 5.74) is 1.18. The van der Waals surface area contributed by atoms with E-state index in [1.165, 1.54) is 23.9 Å². The molecule has 1 N–H and O–H groups in total. The zero-order chi connectivity index (χ0) is 14.4. The Hall–Kier alpha value is -2.14. The van der Waals surface area contributed by atoms with Crippen molar-refractivity contribution in [1.82, 2.24) is 4.98 Å². The van der Waals surface area contributed by atoms with Crippen molar-refractivity contribution in [2.24, 2.45) is 0 Å². The summed E-state index contributed by atoms with van der Waals surface area (Å²) in [4.78, 5) is 14.6. The Balaban J connectivity index is 2.09. The Kier molecular flexibility index (Phi) is 4.90. The number of nitrogens with zero attached hydrogens (tertiary/aromatic N) is 1. The number of pyridine rings is 1. The van der Waals surface area contributed by atoms with Gasteiger partial charge in [0.1, 0.15) is 5.82 Å². The Labute approximate surface area is 120 Å². The minimum atomic E-state index is -1.10. The fraction of sp³-hybridized carbons (Fsp3) is 0.0667. The number of carbonyl (C=O) groups is 1. The normalized spacial score (nSPS) is 10.8. The van der Waals surface area contributed by atoms with E-state index in [1.807, 2.05) is 18.2 Å². The molecule has 0 fully saturated rings. The maximum Gasteiger partial charge on any atom is 0.328 e. The molecule has 0 amide bonds. The standard InChI is InChI=1S/C15H12FNO2S/c16-13-6-4-11(9-12(13)5-7-15(18)19)10-20-14-3-1-2-8-17-14/h1-9H,10H2,(H,18,19). The van der Waals surface area contributed by atoms with E-state index in [0.29, 0.717) is 5.75 Å². The van der Waals surface area contributed by atoms with E-state index in [-0.39, 0.29) is 5.56 Å². The van der Waals surface area contributed by atoms with Crippen LogP contribution in [0, 0.1) is 5.82 Å². The number of hydrogen-bond acceptors (Lipinski definition) is 3. The lowest BCUT2D eigenvalue weighted by Gasteiger charge is -2.03. The van der Waals surface area contributed by atoms with Crippen LogP contribution in [0.15, 0.2) is 53.7 Å². The summed E-state index contributed by atoms with van der Waals surface area (Å²) in [6.07, 6.45) is 3.90. The monoisotopic (exact) mass is 289 g/mol. The molecule has 0 atom stereocenters. The van der Waals surface area contributed by atoms with Crippen molar-refractivity contribution in [2.45, 2.75) is 10.8 Å². The third kappa shape index (κ3) is 4.20. The third-order valence-electron chi connectivity index (χ3n) is 2.49. The van der Waals surface area contributed by atoms with Crippen LogP contribution in [0.4, 0.5) is 4.39 Å². The van der Waals surface area contributed by atoms with Gasteiger partial charge in [-0.05, 0) is 35.9 Å². The molecule has 2 rings (SSSR count). The van der Waals surface area contributed by atoms with Gasteiger partial charge in [-0.25, -0.2) is 14.2 Å². The van der Waals surface area contributed by atoms with Gasteiger partial charge >= 0.3 is 5.97 Å². The summed E-state index contributed by atoms with van der Waals surface area (Å²) in [5, 5.41) is 9.45. The number of aliphatic carboxylic acids is 1. The van der Waals surface area contributed by atoms with Gasteiger partial charge in [-0.3, -0.25) is 0 Å².